The molecular weight excluding hydrogens is 307 g/mol. The van der Waals surface area contributed by atoms with E-state index in [1.54, 1.807) is 13.1 Å². The molecule has 22 heavy (non-hydrogen) atoms. The monoisotopic (exact) mass is 322 g/mol. The molecule has 0 aliphatic carbocycles. The van der Waals surface area contributed by atoms with Crippen molar-refractivity contribution in [2.75, 3.05) is 12.8 Å². The van der Waals surface area contributed by atoms with Crippen LogP contribution in [0.15, 0.2) is 29.3 Å². The summed E-state index contributed by atoms with van der Waals surface area (Å²) in [5.74, 6) is -1.11. The van der Waals surface area contributed by atoms with Crippen LogP contribution in [0.25, 0.3) is 0 Å². The highest BCUT2D eigenvalue weighted by Crippen LogP contribution is 2.34. The van der Waals surface area contributed by atoms with Gasteiger partial charge in [-0.1, -0.05) is 0 Å². The van der Waals surface area contributed by atoms with Crippen molar-refractivity contribution in [3.63, 3.8) is 0 Å². The zero-order chi connectivity index (χ0) is 16.1. The maximum atomic E-state index is 14.2. The van der Waals surface area contributed by atoms with E-state index in [9.17, 15) is 17.6 Å². The van der Waals surface area contributed by atoms with Gasteiger partial charge in [-0.05, 0) is 36.2 Å². The fourth-order valence-corrected chi connectivity index (χ4v) is 3.47. The van der Waals surface area contributed by atoms with E-state index in [-0.39, 0.29) is 22.9 Å². The van der Waals surface area contributed by atoms with E-state index in [4.69, 9.17) is 0 Å². The molecular formula is C15H15FN2O3S. The third-order valence-corrected chi connectivity index (χ3v) is 5.06. The number of amides is 1. The number of sulfone groups is 1. The molecule has 2 aromatic rings. The average molecular weight is 322 g/mol. The van der Waals surface area contributed by atoms with Gasteiger partial charge in [-0.3, -0.25) is 4.79 Å². The number of aromatic amines is 1. The number of carbonyl (C=O) groups excluding carboxylic acids is 1. The van der Waals surface area contributed by atoms with Crippen LogP contribution in [-0.2, 0) is 9.84 Å². The molecule has 0 bridgehead atoms. The smallest absolute Gasteiger partial charge is 0.253 e. The van der Waals surface area contributed by atoms with Crippen molar-refractivity contribution in [2.24, 2.45) is 0 Å². The second kappa shape index (κ2) is 4.95. The van der Waals surface area contributed by atoms with Gasteiger partial charge in [0.25, 0.3) is 5.91 Å². The molecule has 1 atom stereocenters. The molecule has 3 rings (SSSR count). The summed E-state index contributed by atoms with van der Waals surface area (Å²) in [6, 6.07) is 3.75. The number of fused-ring (bicyclic) bond motifs is 1. The van der Waals surface area contributed by atoms with E-state index in [0.717, 1.165) is 12.3 Å². The normalized spacial score (nSPS) is 18.0. The third-order valence-electron chi connectivity index (χ3n) is 3.95. The van der Waals surface area contributed by atoms with Crippen molar-refractivity contribution < 1.29 is 17.6 Å². The molecule has 0 spiro atoms. The first-order chi connectivity index (χ1) is 10.3. The fourth-order valence-electron chi connectivity index (χ4n) is 2.81. The van der Waals surface area contributed by atoms with Crippen LogP contribution in [0.2, 0.25) is 0 Å². The zero-order valence-electron chi connectivity index (χ0n) is 12.1. The summed E-state index contributed by atoms with van der Waals surface area (Å²) in [6.07, 6.45) is 2.76. The number of hydrogen-bond acceptors (Lipinski definition) is 3. The number of carbonyl (C=O) groups is 1. The number of benzene rings is 1. The van der Waals surface area contributed by atoms with E-state index < -0.39 is 21.6 Å². The first kappa shape index (κ1) is 14.8. The van der Waals surface area contributed by atoms with Crippen LogP contribution >= 0.6 is 0 Å². The third kappa shape index (κ3) is 2.31. The molecule has 0 saturated carbocycles. The van der Waals surface area contributed by atoms with Gasteiger partial charge < -0.3 is 10.3 Å². The van der Waals surface area contributed by atoms with Crippen molar-refractivity contribution in [3.8, 4) is 0 Å². The van der Waals surface area contributed by atoms with E-state index in [1.807, 2.05) is 0 Å². The predicted octanol–water partition coefficient (Wildman–Crippen LogP) is 1.74. The number of aromatic nitrogens is 1. The zero-order valence-corrected chi connectivity index (χ0v) is 12.9. The minimum absolute atomic E-state index is 0.0645. The highest BCUT2D eigenvalue weighted by atomic mass is 32.2. The predicted molar refractivity (Wildman–Crippen MR) is 79.2 cm³/mol. The van der Waals surface area contributed by atoms with Crippen LogP contribution in [-0.4, -0.2) is 32.1 Å². The molecule has 1 unspecified atom stereocenters. The second-order valence-electron chi connectivity index (χ2n) is 5.46. The minimum atomic E-state index is -3.43. The number of halogens is 1. The molecule has 1 aromatic carbocycles. The lowest BCUT2D eigenvalue weighted by atomic mass is 9.87. The topological polar surface area (TPSA) is 79.0 Å². The van der Waals surface area contributed by atoms with Gasteiger partial charge in [0.1, 0.15) is 5.82 Å². The molecule has 7 heteroatoms. The molecule has 1 amide bonds. The summed E-state index contributed by atoms with van der Waals surface area (Å²) in [5, 5.41) is 2.72. The van der Waals surface area contributed by atoms with E-state index >= 15 is 0 Å². The highest BCUT2D eigenvalue weighted by Gasteiger charge is 2.31. The van der Waals surface area contributed by atoms with Gasteiger partial charge in [-0.2, -0.15) is 0 Å². The Morgan fingerprint density at radius 1 is 1.27 bits per heavy atom. The minimum Gasteiger partial charge on any atom is -0.364 e. The Hall–Kier alpha value is -2.15. The van der Waals surface area contributed by atoms with Gasteiger partial charge in [-0.15, -0.1) is 0 Å². The SMILES string of the molecule is Cc1[nH]cc2c1C(=O)NCC2c1cc(S(C)(=O)=O)ccc1F. The largest absolute Gasteiger partial charge is 0.364 e. The van der Waals surface area contributed by atoms with Gasteiger partial charge in [0, 0.05) is 30.6 Å². The van der Waals surface area contributed by atoms with E-state index in [2.05, 4.69) is 10.3 Å². The molecule has 2 heterocycles. The summed E-state index contributed by atoms with van der Waals surface area (Å²) >= 11 is 0. The van der Waals surface area contributed by atoms with Gasteiger partial charge in [-0.25, -0.2) is 12.8 Å². The van der Waals surface area contributed by atoms with E-state index in [1.165, 1.54) is 12.1 Å². The molecule has 116 valence electrons. The maximum absolute atomic E-state index is 14.2. The molecule has 5 nitrogen and oxygen atoms in total. The number of nitrogens with one attached hydrogen (secondary N) is 2. The Balaban J connectivity index is 2.17. The number of H-pyrrole nitrogens is 1. The van der Waals surface area contributed by atoms with Crippen LogP contribution in [0, 0.1) is 12.7 Å². The summed E-state index contributed by atoms with van der Waals surface area (Å²) in [4.78, 5) is 15.0. The van der Waals surface area contributed by atoms with Gasteiger partial charge in [0.05, 0.1) is 10.5 Å². The quantitative estimate of drug-likeness (QED) is 0.827. The molecule has 1 aliphatic heterocycles. The maximum Gasteiger partial charge on any atom is 0.253 e. The van der Waals surface area contributed by atoms with E-state index in [0.29, 0.717) is 16.8 Å². The molecule has 0 fully saturated rings. The van der Waals surface area contributed by atoms with Crippen molar-refractivity contribution in [1.29, 1.82) is 0 Å². The van der Waals surface area contributed by atoms with Crippen LogP contribution in [0.1, 0.15) is 33.1 Å². The van der Waals surface area contributed by atoms with Gasteiger partial charge in [0.2, 0.25) is 0 Å². The van der Waals surface area contributed by atoms with Crippen LogP contribution < -0.4 is 5.32 Å². The Kier molecular flexibility index (Phi) is 3.32. The lowest BCUT2D eigenvalue weighted by molar-refractivity contribution is 0.0942. The van der Waals surface area contributed by atoms with Crippen molar-refractivity contribution in [2.45, 2.75) is 17.7 Å². The highest BCUT2D eigenvalue weighted by molar-refractivity contribution is 7.90. The lowest BCUT2D eigenvalue weighted by Gasteiger charge is -2.24. The summed E-state index contributed by atoms with van der Waals surface area (Å²) < 4.78 is 37.6. The first-order valence-corrected chi connectivity index (χ1v) is 8.63. The standard InChI is InChI=1S/C15H15FN2O3S/c1-8-14-12(7-17-8)11(6-18-15(14)19)10-5-9(22(2,20)21)3-4-13(10)16/h3-5,7,11,17H,6H2,1-2H3,(H,18,19). The molecule has 1 aromatic heterocycles. The first-order valence-electron chi connectivity index (χ1n) is 6.74. The lowest BCUT2D eigenvalue weighted by Crippen LogP contribution is -2.35. The number of hydrogen-bond donors (Lipinski definition) is 2. The van der Waals surface area contributed by atoms with Crippen molar-refractivity contribution >= 4 is 15.7 Å². The molecule has 1 aliphatic rings. The molecule has 0 radical (unpaired) electrons. The number of rotatable bonds is 2. The summed E-state index contributed by atoms with van der Waals surface area (Å²) in [5.41, 5.74) is 2.16. The number of aryl methyl sites for hydroxylation is 1. The van der Waals surface area contributed by atoms with Gasteiger partial charge in [0.15, 0.2) is 9.84 Å². The van der Waals surface area contributed by atoms with Crippen LogP contribution in [0.3, 0.4) is 0 Å². The van der Waals surface area contributed by atoms with Crippen LogP contribution in [0.4, 0.5) is 4.39 Å². The Morgan fingerprint density at radius 3 is 2.68 bits per heavy atom. The van der Waals surface area contributed by atoms with Crippen LogP contribution in [0.5, 0.6) is 0 Å². The average Bonchev–Trinajstić information content (AvgIpc) is 2.82. The fraction of sp³-hybridized carbons (Fsp3) is 0.267. The second-order valence-corrected chi connectivity index (χ2v) is 7.48. The van der Waals surface area contributed by atoms with Gasteiger partial charge >= 0.3 is 0 Å². The Bertz CT molecular complexity index is 871. The molecule has 0 saturated heterocycles. The molecule has 2 N–H and O–H groups in total. The van der Waals surface area contributed by atoms with Crippen molar-refractivity contribution in [1.82, 2.24) is 10.3 Å². The van der Waals surface area contributed by atoms with Crippen molar-refractivity contribution in [3.05, 3.63) is 52.6 Å². The Labute approximate surface area is 127 Å². The summed E-state index contributed by atoms with van der Waals surface area (Å²) in [6.45, 7) is 2.00. The summed E-state index contributed by atoms with van der Waals surface area (Å²) in [7, 11) is -3.43. The Morgan fingerprint density at radius 2 is 2.00 bits per heavy atom.